The molecule has 0 aliphatic carbocycles. The second-order valence-corrected chi connectivity index (χ2v) is 4.02. The molecule has 2 heterocycles. The zero-order valence-electron chi connectivity index (χ0n) is 8.98. The van der Waals surface area contributed by atoms with Gasteiger partial charge in [-0.25, -0.2) is 19.3 Å². The summed E-state index contributed by atoms with van der Waals surface area (Å²) in [7, 11) is 0. The Morgan fingerprint density at radius 2 is 2.11 bits per heavy atom. The Kier molecular flexibility index (Phi) is 2.38. The normalized spacial score (nSPS) is 11.0. The predicted molar refractivity (Wildman–Crippen MR) is 66.5 cm³/mol. The SMILES string of the molecule is Nc1ncnc2nc(-c3cccc(F)c3Cl)[nH]c12. The second-order valence-electron chi connectivity index (χ2n) is 3.64. The molecule has 0 aliphatic rings. The molecule has 5 nitrogen and oxygen atoms in total. The van der Waals surface area contributed by atoms with Crippen LogP contribution in [0.5, 0.6) is 0 Å². The maximum absolute atomic E-state index is 13.4. The predicted octanol–water partition coefficient (Wildman–Crippen LogP) is 2.39. The Morgan fingerprint density at radius 3 is 2.89 bits per heavy atom. The summed E-state index contributed by atoms with van der Waals surface area (Å²) in [5, 5.41) is 0.00286. The van der Waals surface area contributed by atoms with E-state index in [0.717, 1.165) is 0 Å². The molecule has 0 atom stereocenters. The minimum absolute atomic E-state index is 0.00286. The molecular weight excluding hydrogens is 257 g/mol. The topological polar surface area (TPSA) is 80.5 Å². The molecule has 0 bridgehead atoms. The van der Waals surface area contributed by atoms with Gasteiger partial charge in [-0.2, -0.15) is 0 Å². The van der Waals surface area contributed by atoms with Gasteiger partial charge in [0.1, 0.15) is 23.5 Å². The molecule has 0 radical (unpaired) electrons. The highest BCUT2D eigenvalue weighted by Crippen LogP contribution is 2.29. The van der Waals surface area contributed by atoms with Crippen LogP contribution in [0.1, 0.15) is 0 Å². The third-order valence-corrected chi connectivity index (χ3v) is 2.91. The highest BCUT2D eigenvalue weighted by Gasteiger charge is 2.13. The average molecular weight is 264 g/mol. The number of fused-ring (bicyclic) bond motifs is 1. The number of hydrogen-bond donors (Lipinski definition) is 2. The lowest BCUT2D eigenvalue weighted by Crippen LogP contribution is -1.91. The van der Waals surface area contributed by atoms with Gasteiger partial charge < -0.3 is 10.7 Å². The first-order valence-corrected chi connectivity index (χ1v) is 5.45. The Bertz CT molecular complexity index is 739. The van der Waals surface area contributed by atoms with Gasteiger partial charge >= 0.3 is 0 Å². The number of hydrogen-bond acceptors (Lipinski definition) is 4. The molecule has 0 unspecified atom stereocenters. The molecule has 3 N–H and O–H groups in total. The van der Waals surface area contributed by atoms with Gasteiger partial charge in [-0.15, -0.1) is 0 Å². The number of nitrogens with two attached hydrogens (primary N) is 1. The number of nitrogens with one attached hydrogen (secondary N) is 1. The number of aromatic nitrogens is 4. The average Bonchev–Trinajstić information content (AvgIpc) is 2.78. The van der Waals surface area contributed by atoms with Crippen LogP contribution in [0.25, 0.3) is 22.6 Å². The summed E-state index contributed by atoms with van der Waals surface area (Å²) >= 11 is 5.89. The number of nitrogen functional groups attached to an aromatic ring is 1. The number of aromatic amines is 1. The van der Waals surface area contributed by atoms with Gasteiger partial charge in [-0.05, 0) is 12.1 Å². The lowest BCUT2D eigenvalue weighted by Gasteiger charge is -2.00. The summed E-state index contributed by atoms with van der Waals surface area (Å²) in [6.07, 6.45) is 1.31. The van der Waals surface area contributed by atoms with E-state index in [9.17, 15) is 4.39 Å². The van der Waals surface area contributed by atoms with Crippen molar-refractivity contribution in [1.82, 2.24) is 19.9 Å². The van der Waals surface area contributed by atoms with Gasteiger partial charge in [0.05, 0.1) is 5.02 Å². The first-order chi connectivity index (χ1) is 8.66. The van der Waals surface area contributed by atoms with Gasteiger partial charge in [0.25, 0.3) is 0 Å². The summed E-state index contributed by atoms with van der Waals surface area (Å²) in [5.41, 5.74) is 7.06. The summed E-state index contributed by atoms with van der Waals surface area (Å²) < 4.78 is 13.4. The van der Waals surface area contributed by atoms with E-state index in [1.165, 1.54) is 12.4 Å². The van der Waals surface area contributed by atoms with Crippen molar-refractivity contribution < 1.29 is 4.39 Å². The van der Waals surface area contributed by atoms with Crippen LogP contribution in [0, 0.1) is 5.82 Å². The van der Waals surface area contributed by atoms with E-state index in [4.69, 9.17) is 17.3 Å². The zero-order valence-corrected chi connectivity index (χ0v) is 9.74. The number of benzene rings is 1. The molecular formula is C11H7ClFN5. The fourth-order valence-electron chi connectivity index (χ4n) is 1.66. The molecule has 0 aliphatic heterocycles. The van der Waals surface area contributed by atoms with Gasteiger partial charge in [0.2, 0.25) is 0 Å². The van der Waals surface area contributed by atoms with Crippen LogP contribution in [0.2, 0.25) is 5.02 Å². The van der Waals surface area contributed by atoms with Crippen LogP contribution < -0.4 is 5.73 Å². The highest BCUT2D eigenvalue weighted by atomic mass is 35.5. The van der Waals surface area contributed by atoms with Crippen molar-refractivity contribution in [2.45, 2.75) is 0 Å². The van der Waals surface area contributed by atoms with Gasteiger partial charge in [0, 0.05) is 5.56 Å². The van der Waals surface area contributed by atoms with Crippen LogP contribution in [0.3, 0.4) is 0 Å². The summed E-state index contributed by atoms with van der Waals surface area (Å²) in [4.78, 5) is 15.0. The van der Waals surface area contributed by atoms with E-state index >= 15 is 0 Å². The molecule has 3 rings (SSSR count). The van der Waals surface area contributed by atoms with Crippen LogP contribution in [-0.4, -0.2) is 19.9 Å². The summed E-state index contributed by atoms with van der Waals surface area (Å²) in [5.74, 6) is 0.182. The lowest BCUT2D eigenvalue weighted by molar-refractivity contribution is 0.628. The Morgan fingerprint density at radius 1 is 1.28 bits per heavy atom. The zero-order chi connectivity index (χ0) is 12.7. The molecule has 1 aromatic carbocycles. The van der Waals surface area contributed by atoms with Crippen molar-refractivity contribution in [2.24, 2.45) is 0 Å². The molecule has 18 heavy (non-hydrogen) atoms. The Balaban J connectivity index is 2.26. The van der Waals surface area contributed by atoms with Crippen molar-refractivity contribution in [3.8, 4) is 11.4 Å². The van der Waals surface area contributed by atoms with Crippen LogP contribution in [-0.2, 0) is 0 Å². The van der Waals surface area contributed by atoms with Crippen molar-refractivity contribution in [3.63, 3.8) is 0 Å². The molecule has 3 aromatic rings. The minimum Gasteiger partial charge on any atom is -0.382 e. The van der Waals surface area contributed by atoms with Crippen molar-refractivity contribution in [1.29, 1.82) is 0 Å². The van der Waals surface area contributed by atoms with E-state index in [1.54, 1.807) is 12.1 Å². The molecule has 0 spiro atoms. The first kappa shape index (κ1) is 10.9. The Labute approximate surface area is 106 Å². The largest absolute Gasteiger partial charge is 0.382 e. The summed E-state index contributed by atoms with van der Waals surface area (Å²) in [6, 6.07) is 4.49. The number of halogens is 2. The molecule has 2 aromatic heterocycles. The molecule has 0 fully saturated rings. The number of H-pyrrole nitrogens is 1. The molecule has 7 heteroatoms. The lowest BCUT2D eigenvalue weighted by atomic mass is 10.2. The van der Waals surface area contributed by atoms with Gasteiger partial charge in [0.15, 0.2) is 11.5 Å². The molecule has 0 saturated carbocycles. The standard InChI is InChI=1S/C11H7ClFN5/c12-7-5(2-1-3-6(7)13)10-17-8-9(14)15-4-16-11(8)18-10/h1-4H,(H3,14,15,16,17,18). The van der Waals surface area contributed by atoms with E-state index < -0.39 is 5.82 Å². The van der Waals surface area contributed by atoms with Crippen molar-refractivity contribution in [3.05, 3.63) is 35.4 Å². The molecule has 90 valence electrons. The quantitative estimate of drug-likeness (QED) is 0.706. The third kappa shape index (κ3) is 1.58. The third-order valence-electron chi connectivity index (χ3n) is 2.52. The number of imidazole rings is 1. The second kappa shape index (κ2) is 3.92. The smallest absolute Gasteiger partial charge is 0.183 e. The highest BCUT2D eigenvalue weighted by molar-refractivity contribution is 6.33. The maximum Gasteiger partial charge on any atom is 0.183 e. The van der Waals surface area contributed by atoms with Crippen LogP contribution in [0.15, 0.2) is 24.5 Å². The fraction of sp³-hybridized carbons (Fsp3) is 0. The maximum atomic E-state index is 13.4. The van der Waals surface area contributed by atoms with E-state index in [2.05, 4.69) is 19.9 Å². The van der Waals surface area contributed by atoms with E-state index in [0.29, 0.717) is 22.6 Å². The number of anilines is 1. The van der Waals surface area contributed by atoms with Crippen LogP contribution in [0.4, 0.5) is 10.2 Å². The Hall–Kier alpha value is -2.21. The monoisotopic (exact) mass is 263 g/mol. The minimum atomic E-state index is -0.506. The van der Waals surface area contributed by atoms with E-state index in [1.807, 2.05) is 0 Å². The molecule has 0 saturated heterocycles. The molecule has 0 amide bonds. The fourth-order valence-corrected chi connectivity index (χ4v) is 1.88. The van der Waals surface area contributed by atoms with Crippen molar-refractivity contribution in [2.75, 3.05) is 5.73 Å². The van der Waals surface area contributed by atoms with Crippen molar-refractivity contribution >= 4 is 28.6 Å². The van der Waals surface area contributed by atoms with Gasteiger partial charge in [-0.3, -0.25) is 0 Å². The number of nitrogens with zero attached hydrogens (tertiary/aromatic N) is 3. The van der Waals surface area contributed by atoms with Gasteiger partial charge in [-0.1, -0.05) is 17.7 Å². The van der Waals surface area contributed by atoms with Crippen LogP contribution >= 0.6 is 11.6 Å². The first-order valence-electron chi connectivity index (χ1n) is 5.07. The van der Waals surface area contributed by atoms with E-state index in [-0.39, 0.29) is 10.8 Å². The summed E-state index contributed by atoms with van der Waals surface area (Å²) in [6.45, 7) is 0. The number of rotatable bonds is 1.